The highest BCUT2D eigenvalue weighted by Gasteiger charge is 2.16. The SMILES string of the molecule is Cc1cc(C(CN)c2ccc(Br)cc2)n(C)n1. The minimum Gasteiger partial charge on any atom is -0.329 e. The maximum Gasteiger partial charge on any atom is 0.0596 e. The van der Waals surface area contributed by atoms with E-state index in [-0.39, 0.29) is 5.92 Å². The van der Waals surface area contributed by atoms with Crippen molar-refractivity contribution < 1.29 is 0 Å². The summed E-state index contributed by atoms with van der Waals surface area (Å²) in [6.45, 7) is 2.58. The third kappa shape index (κ3) is 2.58. The van der Waals surface area contributed by atoms with Gasteiger partial charge < -0.3 is 5.73 Å². The van der Waals surface area contributed by atoms with Gasteiger partial charge in [-0.1, -0.05) is 28.1 Å². The molecule has 0 saturated carbocycles. The first kappa shape index (κ1) is 12.3. The fourth-order valence-corrected chi connectivity index (χ4v) is 2.34. The standard InChI is InChI=1S/C13H16BrN3/c1-9-7-13(17(2)16-9)12(8-15)10-3-5-11(14)6-4-10/h3-7,12H,8,15H2,1-2H3. The molecule has 0 aliphatic rings. The van der Waals surface area contributed by atoms with Gasteiger partial charge in [-0.05, 0) is 30.7 Å². The number of nitrogens with two attached hydrogens (primary N) is 1. The first-order valence-corrected chi connectivity index (χ1v) is 6.37. The number of rotatable bonds is 3. The van der Waals surface area contributed by atoms with Crippen LogP contribution in [0.1, 0.15) is 22.9 Å². The molecule has 3 nitrogen and oxygen atoms in total. The zero-order valence-corrected chi connectivity index (χ0v) is 11.6. The van der Waals surface area contributed by atoms with E-state index in [1.807, 2.05) is 30.8 Å². The van der Waals surface area contributed by atoms with Crippen LogP contribution in [0.25, 0.3) is 0 Å². The molecule has 0 bridgehead atoms. The zero-order chi connectivity index (χ0) is 12.4. The number of hydrogen-bond acceptors (Lipinski definition) is 2. The largest absolute Gasteiger partial charge is 0.329 e. The van der Waals surface area contributed by atoms with Crippen LogP contribution in [0.5, 0.6) is 0 Å². The van der Waals surface area contributed by atoms with E-state index >= 15 is 0 Å². The molecule has 1 aromatic heterocycles. The molecule has 0 amide bonds. The minimum atomic E-state index is 0.203. The number of halogens is 1. The number of hydrogen-bond donors (Lipinski definition) is 1. The highest BCUT2D eigenvalue weighted by atomic mass is 79.9. The molecular weight excluding hydrogens is 278 g/mol. The Bertz CT molecular complexity index is 502. The lowest BCUT2D eigenvalue weighted by Crippen LogP contribution is -2.16. The van der Waals surface area contributed by atoms with Crippen LogP contribution in [0.2, 0.25) is 0 Å². The third-order valence-electron chi connectivity index (χ3n) is 2.90. The van der Waals surface area contributed by atoms with Crippen molar-refractivity contribution in [2.45, 2.75) is 12.8 Å². The van der Waals surface area contributed by atoms with Gasteiger partial charge in [0, 0.05) is 29.7 Å². The van der Waals surface area contributed by atoms with Crippen LogP contribution in [0, 0.1) is 6.92 Å². The van der Waals surface area contributed by atoms with Crippen molar-refractivity contribution in [3.05, 3.63) is 51.8 Å². The lowest BCUT2D eigenvalue weighted by atomic mass is 9.95. The van der Waals surface area contributed by atoms with E-state index < -0.39 is 0 Å². The first-order valence-electron chi connectivity index (χ1n) is 5.58. The quantitative estimate of drug-likeness (QED) is 0.945. The predicted octanol–water partition coefficient (Wildman–Crippen LogP) is 2.58. The summed E-state index contributed by atoms with van der Waals surface area (Å²) in [6, 6.07) is 10.4. The van der Waals surface area contributed by atoms with Gasteiger partial charge >= 0.3 is 0 Å². The Morgan fingerprint density at radius 1 is 1.35 bits per heavy atom. The summed E-state index contributed by atoms with van der Waals surface area (Å²) in [6.07, 6.45) is 0. The molecule has 0 radical (unpaired) electrons. The lowest BCUT2D eigenvalue weighted by Gasteiger charge is -2.15. The van der Waals surface area contributed by atoms with Crippen LogP contribution in [-0.2, 0) is 7.05 Å². The number of benzene rings is 1. The van der Waals surface area contributed by atoms with Crippen LogP contribution in [0.3, 0.4) is 0 Å². The second-order valence-electron chi connectivity index (χ2n) is 4.17. The molecule has 1 heterocycles. The summed E-state index contributed by atoms with van der Waals surface area (Å²) in [5.74, 6) is 0.203. The molecule has 17 heavy (non-hydrogen) atoms. The fraction of sp³-hybridized carbons (Fsp3) is 0.308. The van der Waals surface area contributed by atoms with Gasteiger partial charge in [-0.2, -0.15) is 5.10 Å². The third-order valence-corrected chi connectivity index (χ3v) is 3.43. The topological polar surface area (TPSA) is 43.8 Å². The molecule has 0 fully saturated rings. The number of nitrogens with zero attached hydrogens (tertiary/aromatic N) is 2. The molecule has 2 aromatic rings. The monoisotopic (exact) mass is 293 g/mol. The van der Waals surface area contributed by atoms with Crippen molar-refractivity contribution in [3.8, 4) is 0 Å². The molecule has 4 heteroatoms. The Morgan fingerprint density at radius 3 is 2.47 bits per heavy atom. The van der Waals surface area contributed by atoms with E-state index in [0.717, 1.165) is 15.9 Å². The van der Waals surface area contributed by atoms with Crippen molar-refractivity contribution in [2.75, 3.05) is 6.54 Å². The summed E-state index contributed by atoms with van der Waals surface area (Å²) in [7, 11) is 1.96. The molecule has 1 aromatic carbocycles. The average molecular weight is 294 g/mol. The van der Waals surface area contributed by atoms with Gasteiger partial charge in [0.05, 0.1) is 5.69 Å². The summed E-state index contributed by atoms with van der Waals surface area (Å²) >= 11 is 3.44. The maximum absolute atomic E-state index is 5.90. The molecule has 90 valence electrons. The van der Waals surface area contributed by atoms with E-state index in [9.17, 15) is 0 Å². The molecule has 2 rings (SSSR count). The highest BCUT2D eigenvalue weighted by Crippen LogP contribution is 2.25. The Morgan fingerprint density at radius 2 is 2.00 bits per heavy atom. The lowest BCUT2D eigenvalue weighted by molar-refractivity contribution is 0.660. The van der Waals surface area contributed by atoms with E-state index in [4.69, 9.17) is 5.73 Å². The summed E-state index contributed by atoms with van der Waals surface area (Å²) in [4.78, 5) is 0. The van der Waals surface area contributed by atoms with Crippen LogP contribution in [-0.4, -0.2) is 16.3 Å². The molecule has 1 unspecified atom stereocenters. The van der Waals surface area contributed by atoms with Gasteiger partial charge in [0.15, 0.2) is 0 Å². The van der Waals surface area contributed by atoms with Crippen molar-refractivity contribution in [1.82, 2.24) is 9.78 Å². The number of aromatic nitrogens is 2. The van der Waals surface area contributed by atoms with Crippen molar-refractivity contribution in [2.24, 2.45) is 12.8 Å². The van der Waals surface area contributed by atoms with Gasteiger partial charge in [0.2, 0.25) is 0 Å². The van der Waals surface area contributed by atoms with Gasteiger partial charge in [-0.25, -0.2) is 0 Å². The second kappa shape index (κ2) is 5.02. The minimum absolute atomic E-state index is 0.203. The fourth-order valence-electron chi connectivity index (χ4n) is 2.08. The van der Waals surface area contributed by atoms with E-state index in [1.54, 1.807) is 0 Å². The van der Waals surface area contributed by atoms with Crippen LogP contribution < -0.4 is 5.73 Å². The summed E-state index contributed by atoms with van der Waals surface area (Å²) in [5.41, 5.74) is 9.31. The molecular formula is C13H16BrN3. The van der Waals surface area contributed by atoms with E-state index in [1.165, 1.54) is 5.56 Å². The van der Waals surface area contributed by atoms with Crippen LogP contribution in [0.15, 0.2) is 34.8 Å². The first-order chi connectivity index (χ1) is 8.11. The molecule has 0 aliphatic carbocycles. The Hall–Kier alpha value is -1.13. The summed E-state index contributed by atoms with van der Waals surface area (Å²) in [5, 5.41) is 4.37. The smallest absolute Gasteiger partial charge is 0.0596 e. The normalized spacial score (nSPS) is 12.7. The van der Waals surface area contributed by atoms with E-state index in [0.29, 0.717) is 6.54 Å². The Balaban J connectivity index is 2.39. The van der Waals surface area contributed by atoms with E-state index in [2.05, 4.69) is 39.2 Å². The van der Waals surface area contributed by atoms with Crippen LogP contribution >= 0.6 is 15.9 Å². The van der Waals surface area contributed by atoms with Crippen molar-refractivity contribution >= 4 is 15.9 Å². The predicted molar refractivity (Wildman–Crippen MR) is 73.0 cm³/mol. The maximum atomic E-state index is 5.90. The molecule has 2 N–H and O–H groups in total. The van der Waals surface area contributed by atoms with Gasteiger partial charge in [0.25, 0.3) is 0 Å². The van der Waals surface area contributed by atoms with Gasteiger partial charge in [0.1, 0.15) is 0 Å². The molecule has 0 spiro atoms. The molecule has 1 atom stereocenters. The Labute approximate surface area is 110 Å². The Kier molecular flexibility index (Phi) is 3.64. The molecule has 0 saturated heterocycles. The van der Waals surface area contributed by atoms with Crippen molar-refractivity contribution in [3.63, 3.8) is 0 Å². The van der Waals surface area contributed by atoms with Crippen LogP contribution in [0.4, 0.5) is 0 Å². The summed E-state index contributed by atoms with van der Waals surface area (Å²) < 4.78 is 2.99. The van der Waals surface area contributed by atoms with Crippen molar-refractivity contribution in [1.29, 1.82) is 0 Å². The zero-order valence-electron chi connectivity index (χ0n) is 10.0. The number of aryl methyl sites for hydroxylation is 2. The van der Waals surface area contributed by atoms with Gasteiger partial charge in [-0.15, -0.1) is 0 Å². The average Bonchev–Trinajstić information content (AvgIpc) is 2.62. The second-order valence-corrected chi connectivity index (χ2v) is 5.09. The van der Waals surface area contributed by atoms with Gasteiger partial charge in [-0.3, -0.25) is 4.68 Å². The highest BCUT2D eigenvalue weighted by molar-refractivity contribution is 9.10. The molecule has 0 aliphatic heterocycles.